The van der Waals surface area contributed by atoms with Crippen LogP contribution >= 0.6 is 0 Å². The lowest BCUT2D eigenvalue weighted by Gasteiger charge is -2.38. The summed E-state index contributed by atoms with van der Waals surface area (Å²) in [6.07, 6.45) is 19.6. The maximum Gasteiger partial charge on any atom is 0.0849 e. The van der Waals surface area contributed by atoms with E-state index in [4.69, 9.17) is 15.0 Å². The van der Waals surface area contributed by atoms with E-state index in [2.05, 4.69) is 221 Å². The summed E-state index contributed by atoms with van der Waals surface area (Å²) in [5.41, 5.74) is 23.2. The summed E-state index contributed by atoms with van der Waals surface area (Å²) in [6.45, 7) is 13.2. The van der Waals surface area contributed by atoms with E-state index < -0.39 is 0 Å². The Labute approximate surface area is 439 Å². The van der Waals surface area contributed by atoms with E-state index in [9.17, 15) is 0 Å². The van der Waals surface area contributed by atoms with Gasteiger partial charge in [0.05, 0.1) is 34.2 Å². The van der Waals surface area contributed by atoms with Crippen LogP contribution in [0.4, 0.5) is 11.4 Å². The maximum atomic E-state index is 5.07. The Hall–Kier alpha value is -8.11. The molecule has 2 atom stereocenters. The average Bonchev–Trinajstić information content (AvgIpc) is 4.28. The Morgan fingerprint density at radius 2 is 0.878 bits per heavy atom. The normalized spacial score (nSPS) is 16.2. The monoisotopic (exact) mass is 958 g/mol. The number of fused-ring (bicyclic) bond motifs is 6. The standard InChI is InChI=1S/C71H63N3/c1-48-46-52(24-19-21-44-70(5,54-26-7-8-27-54)68-60-34-15-11-30-56(60)57-31-12-16-35-61(57)68)40-42-64(48)72-50(3)66-38-23-39-67(74-66)51(4)73-65-43-41-53(47-49(65)2)25-20-22-45-71(6,55-28-9-10-29-55)69-62-36-17-13-32-58(62)59-33-14-18-37-63(59)69/h7,9,11-18,23,26-43,46-47,68-69H,8,10,21-22,44-45H2,1-6H3. The number of aliphatic imine (C=N–C) groups is 2. The lowest BCUT2D eigenvalue weighted by Crippen LogP contribution is -2.27. The third-order valence-electron chi connectivity index (χ3n) is 16.3. The molecule has 0 spiro atoms. The van der Waals surface area contributed by atoms with Gasteiger partial charge in [-0.05, 0) is 169 Å². The first-order valence-electron chi connectivity index (χ1n) is 26.5. The number of nitrogens with zero attached hydrogens (tertiary/aromatic N) is 3. The molecule has 1 aromatic heterocycles. The van der Waals surface area contributed by atoms with Crippen molar-refractivity contribution in [2.45, 2.75) is 91.9 Å². The number of benzene rings is 6. The summed E-state index contributed by atoms with van der Waals surface area (Å²) in [5.74, 6) is 14.7. The van der Waals surface area contributed by atoms with E-state index >= 15 is 0 Å². The van der Waals surface area contributed by atoms with Gasteiger partial charge in [-0.3, -0.25) is 9.98 Å². The molecule has 0 saturated carbocycles. The summed E-state index contributed by atoms with van der Waals surface area (Å²) in [4.78, 5) is 15.2. The van der Waals surface area contributed by atoms with Gasteiger partial charge in [-0.15, -0.1) is 0 Å². The minimum Gasteiger partial charge on any atom is -0.251 e. The molecule has 4 aliphatic carbocycles. The molecule has 6 aromatic carbocycles. The lowest BCUT2D eigenvalue weighted by atomic mass is 9.65. The number of hydrogen-bond donors (Lipinski definition) is 0. The molecule has 3 heteroatoms. The van der Waals surface area contributed by atoms with Crippen molar-refractivity contribution in [2.75, 3.05) is 0 Å². The summed E-state index contributed by atoms with van der Waals surface area (Å²) < 4.78 is 0. The molecule has 0 aliphatic heterocycles. The molecule has 0 fully saturated rings. The predicted molar refractivity (Wildman–Crippen MR) is 310 cm³/mol. The fourth-order valence-electron chi connectivity index (χ4n) is 12.4. The molecule has 0 amide bonds. The van der Waals surface area contributed by atoms with E-state index in [1.807, 2.05) is 32.0 Å². The van der Waals surface area contributed by atoms with E-state index in [1.54, 1.807) is 0 Å². The minimum absolute atomic E-state index is 0.0829. The zero-order valence-electron chi connectivity index (χ0n) is 43.6. The molecule has 0 saturated heterocycles. The van der Waals surface area contributed by atoms with Gasteiger partial charge in [-0.25, -0.2) is 4.98 Å². The van der Waals surface area contributed by atoms with Crippen LogP contribution < -0.4 is 0 Å². The molecule has 362 valence electrons. The van der Waals surface area contributed by atoms with Gasteiger partial charge >= 0.3 is 0 Å². The highest BCUT2D eigenvalue weighted by molar-refractivity contribution is 6.02. The van der Waals surface area contributed by atoms with Crippen molar-refractivity contribution >= 4 is 22.8 Å². The van der Waals surface area contributed by atoms with Crippen LogP contribution in [-0.4, -0.2) is 16.4 Å². The van der Waals surface area contributed by atoms with E-state index in [0.29, 0.717) is 0 Å². The fraction of sp³-hybridized carbons (Fsp3) is 0.225. The van der Waals surface area contributed by atoms with Crippen molar-refractivity contribution in [2.24, 2.45) is 20.8 Å². The summed E-state index contributed by atoms with van der Waals surface area (Å²) in [7, 11) is 0. The summed E-state index contributed by atoms with van der Waals surface area (Å²) >= 11 is 0. The van der Waals surface area contributed by atoms with Crippen LogP contribution in [0.2, 0.25) is 0 Å². The number of allylic oxidation sites excluding steroid dienone is 8. The van der Waals surface area contributed by atoms with Crippen molar-refractivity contribution in [3.63, 3.8) is 0 Å². The second-order valence-corrected chi connectivity index (χ2v) is 21.1. The number of pyridine rings is 1. The largest absolute Gasteiger partial charge is 0.251 e. The third-order valence-corrected chi connectivity index (χ3v) is 16.3. The van der Waals surface area contributed by atoms with Crippen molar-refractivity contribution < 1.29 is 0 Å². The van der Waals surface area contributed by atoms with Gasteiger partial charge in [0, 0.05) is 46.6 Å². The molecule has 7 aromatic rings. The molecule has 11 rings (SSSR count). The van der Waals surface area contributed by atoms with Crippen LogP contribution in [0.5, 0.6) is 0 Å². The van der Waals surface area contributed by atoms with Gasteiger partial charge < -0.3 is 0 Å². The van der Waals surface area contributed by atoms with Gasteiger partial charge in [0.15, 0.2) is 0 Å². The number of aryl methyl sites for hydroxylation is 2. The molecule has 0 N–H and O–H groups in total. The van der Waals surface area contributed by atoms with Crippen LogP contribution in [0.25, 0.3) is 22.3 Å². The lowest BCUT2D eigenvalue weighted by molar-refractivity contribution is 0.335. The van der Waals surface area contributed by atoms with Crippen molar-refractivity contribution in [1.29, 1.82) is 0 Å². The van der Waals surface area contributed by atoms with Gasteiger partial charge in [0.1, 0.15) is 0 Å². The highest BCUT2D eigenvalue weighted by Crippen LogP contribution is 2.59. The van der Waals surface area contributed by atoms with Crippen molar-refractivity contribution in [3.05, 3.63) is 255 Å². The van der Waals surface area contributed by atoms with Crippen molar-refractivity contribution in [3.8, 4) is 45.9 Å². The van der Waals surface area contributed by atoms with Gasteiger partial charge in [-0.2, -0.15) is 0 Å². The zero-order valence-corrected chi connectivity index (χ0v) is 43.6. The second kappa shape index (κ2) is 20.4. The van der Waals surface area contributed by atoms with Gasteiger partial charge in [-0.1, -0.05) is 177 Å². The Morgan fingerprint density at radius 1 is 0.500 bits per heavy atom. The first-order chi connectivity index (χ1) is 36.1. The maximum absolute atomic E-state index is 5.07. The Kier molecular flexibility index (Phi) is 13.3. The molecular weight excluding hydrogens is 895 g/mol. The Morgan fingerprint density at radius 3 is 1.23 bits per heavy atom. The summed E-state index contributed by atoms with van der Waals surface area (Å²) in [5, 5.41) is 0. The highest BCUT2D eigenvalue weighted by Gasteiger charge is 2.45. The highest BCUT2D eigenvalue weighted by atomic mass is 14.8. The second-order valence-electron chi connectivity index (χ2n) is 21.1. The SMILES string of the molecule is CC(=Nc1ccc(C#CCCC(C)(C2=CCC=C2)C2c3ccccc3-c3ccccc32)cc1C)c1cccc(C(C)=Nc2ccc(C#CCCC(C)(C3=CCC=C3)C3c4ccccc4-c4ccccc43)cc2C)n1. The van der Waals surface area contributed by atoms with Crippen LogP contribution in [-0.2, 0) is 0 Å². The first-order valence-corrected chi connectivity index (χ1v) is 26.5. The van der Waals surface area contributed by atoms with Gasteiger partial charge in [0.2, 0.25) is 0 Å². The Bertz CT molecular complexity index is 3350. The molecule has 74 heavy (non-hydrogen) atoms. The fourth-order valence-corrected chi connectivity index (χ4v) is 12.4. The number of rotatable bonds is 12. The van der Waals surface area contributed by atoms with E-state index in [-0.39, 0.29) is 22.7 Å². The first kappa shape index (κ1) is 48.2. The number of hydrogen-bond acceptors (Lipinski definition) is 3. The smallest absolute Gasteiger partial charge is 0.0849 e. The van der Waals surface area contributed by atoms with Gasteiger partial charge in [0.25, 0.3) is 0 Å². The molecule has 2 unspecified atom stereocenters. The minimum atomic E-state index is -0.0829. The predicted octanol–water partition coefficient (Wildman–Crippen LogP) is 17.7. The molecule has 3 nitrogen and oxygen atoms in total. The topological polar surface area (TPSA) is 37.6 Å². The van der Waals surface area contributed by atoms with E-state index in [1.165, 1.54) is 55.7 Å². The van der Waals surface area contributed by atoms with Crippen LogP contribution in [0.1, 0.15) is 134 Å². The Balaban J connectivity index is 0.745. The molecule has 4 aliphatic rings. The molecule has 1 heterocycles. The average molecular weight is 958 g/mol. The van der Waals surface area contributed by atoms with Crippen LogP contribution in [0, 0.1) is 48.4 Å². The zero-order chi connectivity index (χ0) is 50.8. The van der Waals surface area contributed by atoms with Crippen LogP contribution in [0.15, 0.2) is 209 Å². The summed E-state index contributed by atoms with van der Waals surface area (Å²) in [6, 6.07) is 54.6. The molecule has 0 radical (unpaired) electrons. The third kappa shape index (κ3) is 9.18. The number of aromatic nitrogens is 1. The van der Waals surface area contributed by atoms with Crippen molar-refractivity contribution in [1.82, 2.24) is 4.98 Å². The van der Waals surface area contributed by atoms with Crippen LogP contribution in [0.3, 0.4) is 0 Å². The quantitative estimate of drug-likeness (QED) is 0.0888. The van der Waals surface area contributed by atoms with E-state index in [0.717, 1.165) is 95.0 Å². The molecule has 0 bridgehead atoms. The molecular formula is C71H63N3.